The van der Waals surface area contributed by atoms with Gasteiger partial charge in [0.15, 0.2) is 23.1 Å². The van der Waals surface area contributed by atoms with E-state index in [9.17, 15) is 29.1 Å². The average molecular weight is 798 g/mol. The SMILES string of the molecule is CCC(NCCCOc1cnc(C#CC(C)(C)O)c2nc(-c3nonc3N)n(CC)c12)C(=O)NCCCCNc1cccc2c1C(=O)N(C1CCC(=O)NC1=O)C2=O. The van der Waals surface area contributed by atoms with Crippen LogP contribution in [0.15, 0.2) is 29.0 Å². The number of ether oxygens (including phenoxy) is 1. The van der Waals surface area contributed by atoms with Crippen molar-refractivity contribution in [2.75, 3.05) is 37.3 Å². The van der Waals surface area contributed by atoms with Gasteiger partial charge in [-0.2, -0.15) is 0 Å². The molecule has 7 N–H and O–H groups in total. The van der Waals surface area contributed by atoms with E-state index in [0.717, 1.165) is 4.90 Å². The second-order valence-electron chi connectivity index (χ2n) is 14.4. The fourth-order valence-corrected chi connectivity index (χ4v) is 6.78. The number of carbonyl (C=O) groups excluding carboxylic acids is 5. The number of carbonyl (C=O) groups is 5. The van der Waals surface area contributed by atoms with Crippen molar-refractivity contribution in [3.8, 4) is 29.1 Å². The Kier molecular flexibility index (Phi) is 12.7. The summed E-state index contributed by atoms with van der Waals surface area (Å²) in [6, 6.07) is 3.48. The van der Waals surface area contributed by atoms with Crippen molar-refractivity contribution in [1.29, 1.82) is 0 Å². The highest BCUT2D eigenvalue weighted by atomic mass is 16.6. The number of piperidine rings is 1. The van der Waals surface area contributed by atoms with Crippen LogP contribution in [0.5, 0.6) is 5.75 Å². The molecular formula is C39H47N11O8. The molecule has 2 aliphatic heterocycles. The van der Waals surface area contributed by atoms with Gasteiger partial charge in [0.1, 0.15) is 28.4 Å². The van der Waals surface area contributed by atoms with Crippen LogP contribution in [-0.4, -0.2) is 108 Å². The number of rotatable bonds is 17. The van der Waals surface area contributed by atoms with E-state index in [-0.39, 0.29) is 41.4 Å². The third kappa shape index (κ3) is 8.92. The summed E-state index contributed by atoms with van der Waals surface area (Å²) in [5.41, 5.74) is 7.32. The number of hydrogen-bond donors (Lipinski definition) is 6. The van der Waals surface area contributed by atoms with Crippen molar-refractivity contribution in [2.24, 2.45) is 0 Å². The Balaban J connectivity index is 0.964. The van der Waals surface area contributed by atoms with Gasteiger partial charge >= 0.3 is 0 Å². The van der Waals surface area contributed by atoms with Gasteiger partial charge in [-0.1, -0.05) is 18.9 Å². The van der Waals surface area contributed by atoms with Crippen molar-refractivity contribution in [1.82, 2.24) is 45.7 Å². The molecule has 19 heteroatoms. The summed E-state index contributed by atoms with van der Waals surface area (Å²) >= 11 is 0. The number of nitrogens with zero attached hydrogens (tertiary/aromatic N) is 6. The molecule has 0 aliphatic carbocycles. The molecule has 4 aromatic rings. The van der Waals surface area contributed by atoms with E-state index in [4.69, 9.17) is 20.1 Å². The summed E-state index contributed by atoms with van der Waals surface area (Å²) in [4.78, 5) is 73.6. The summed E-state index contributed by atoms with van der Waals surface area (Å²) in [7, 11) is 0. The highest BCUT2D eigenvalue weighted by Crippen LogP contribution is 2.34. The van der Waals surface area contributed by atoms with E-state index in [0.29, 0.717) is 92.5 Å². The molecule has 19 nitrogen and oxygen atoms in total. The zero-order valence-electron chi connectivity index (χ0n) is 32.8. The molecule has 1 fully saturated rings. The van der Waals surface area contributed by atoms with Crippen LogP contribution in [0.4, 0.5) is 11.5 Å². The lowest BCUT2D eigenvalue weighted by Crippen LogP contribution is -2.54. The summed E-state index contributed by atoms with van der Waals surface area (Å²) in [6.07, 6.45) is 4.18. The number of imidazole rings is 1. The summed E-state index contributed by atoms with van der Waals surface area (Å²) in [5.74, 6) is 4.30. The minimum absolute atomic E-state index is 0.0483. The zero-order valence-corrected chi connectivity index (χ0v) is 32.8. The fourth-order valence-electron chi connectivity index (χ4n) is 6.78. The molecule has 2 unspecified atom stereocenters. The lowest BCUT2D eigenvalue weighted by atomic mass is 10.0. The van der Waals surface area contributed by atoms with E-state index in [2.05, 4.69) is 48.4 Å². The number of fused-ring (bicyclic) bond motifs is 2. The molecule has 6 rings (SSSR count). The number of nitrogens with one attached hydrogen (secondary N) is 4. The van der Waals surface area contributed by atoms with E-state index < -0.39 is 41.3 Å². The first kappa shape index (κ1) is 41.2. The molecule has 0 spiro atoms. The standard InChI is InChI=1S/C39H47N11O8/c1-5-23(35(52)43-18-8-7-17-42-24-12-9-11-22-29(24)38(55)50(37(22)54)26-13-14-28(51)45-36(26)53)41-19-10-20-57-27-21-44-25(15-16-39(3,4)56)30-32(27)49(6-2)34(46-30)31-33(40)48-58-47-31/h9,11-12,21,23,26,41-42,56H,5-8,10,13-14,17-20H2,1-4H3,(H2,40,48)(H,43,52)(H,45,51,53). The smallest absolute Gasteiger partial charge is 0.264 e. The van der Waals surface area contributed by atoms with E-state index in [1.54, 1.807) is 38.2 Å². The minimum Gasteiger partial charge on any atom is -0.490 e. The predicted octanol–water partition coefficient (Wildman–Crippen LogP) is 1.75. The number of amides is 5. The van der Waals surface area contributed by atoms with Crippen molar-refractivity contribution >= 4 is 52.1 Å². The number of benzene rings is 1. The van der Waals surface area contributed by atoms with Gasteiger partial charge in [-0.05, 0) is 87.8 Å². The molecule has 5 heterocycles. The minimum atomic E-state index is -1.25. The van der Waals surface area contributed by atoms with E-state index in [1.807, 2.05) is 18.4 Å². The van der Waals surface area contributed by atoms with Crippen LogP contribution in [0.1, 0.15) is 92.6 Å². The normalized spacial score (nSPS) is 15.9. The van der Waals surface area contributed by atoms with E-state index in [1.165, 1.54) is 0 Å². The van der Waals surface area contributed by atoms with Crippen LogP contribution < -0.4 is 31.7 Å². The number of pyridine rings is 1. The summed E-state index contributed by atoms with van der Waals surface area (Å²) in [6.45, 7) is 9.22. The molecule has 1 saturated heterocycles. The van der Waals surface area contributed by atoms with Crippen molar-refractivity contribution < 1.29 is 38.4 Å². The van der Waals surface area contributed by atoms with Crippen LogP contribution in [0.2, 0.25) is 0 Å². The topological polar surface area (TPSA) is 262 Å². The first-order valence-corrected chi connectivity index (χ1v) is 19.3. The number of imide groups is 2. The Morgan fingerprint density at radius 3 is 2.62 bits per heavy atom. The predicted molar refractivity (Wildman–Crippen MR) is 210 cm³/mol. The molecule has 0 bridgehead atoms. The number of nitrogens with two attached hydrogens (primary N) is 1. The molecular weight excluding hydrogens is 750 g/mol. The Bertz CT molecular complexity index is 2280. The van der Waals surface area contributed by atoms with Crippen molar-refractivity contribution in [3.05, 3.63) is 41.2 Å². The Morgan fingerprint density at radius 2 is 1.91 bits per heavy atom. The van der Waals surface area contributed by atoms with Crippen LogP contribution in [-0.2, 0) is 20.9 Å². The van der Waals surface area contributed by atoms with Gasteiger partial charge in [-0.25, -0.2) is 14.6 Å². The van der Waals surface area contributed by atoms with Crippen LogP contribution >= 0.6 is 0 Å². The third-order valence-corrected chi connectivity index (χ3v) is 9.65. The van der Waals surface area contributed by atoms with Gasteiger partial charge in [-0.15, -0.1) is 0 Å². The quantitative estimate of drug-likeness (QED) is 0.0505. The number of hydrogen-bond acceptors (Lipinski definition) is 15. The van der Waals surface area contributed by atoms with Gasteiger partial charge < -0.3 is 36.1 Å². The molecule has 1 aromatic carbocycles. The monoisotopic (exact) mass is 797 g/mol. The lowest BCUT2D eigenvalue weighted by molar-refractivity contribution is -0.136. The second kappa shape index (κ2) is 17.8. The Morgan fingerprint density at radius 1 is 1.12 bits per heavy atom. The van der Waals surface area contributed by atoms with Crippen LogP contribution in [0.25, 0.3) is 22.6 Å². The number of unbranched alkanes of at least 4 members (excludes halogenated alkanes) is 1. The number of aliphatic hydroxyl groups is 1. The molecule has 3 aromatic heterocycles. The second-order valence-corrected chi connectivity index (χ2v) is 14.4. The van der Waals surface area contributed by atoms with Gasteiger partial charge in [0.25, 0.3) is 11.8 Å². The molecule has 2 atom stereocenters. The first-order valence-electron chi connectivity index (χ1n) is 19.3. The maximum Gasteiger partial charge on any atom is 0.264 e. The van der Waals surface area contributed by atoms with E-state index >= 15 is 0 Å². The van der Waals surface area contributed by atoms with Crippen molar-refractivity contribution in [3.63, 3.8) is 0 Å². The summed E-state index contributed by atoms with van der Waals surface area (Å²) in [5, 5.41) is 29.5. The molecule has 58 heavy (non-hydrogen) atoms. The van der Waals surface area contributed by atoms with Gasteiger partial charge in [0.2, 0.25) is 17.7 Å². The van der Waals surface area contributed by atoms with Gasteiger partial charge in [0.05, 0.1) is 30.0 Å². The number of anilines is 2. The summed E-state index contributed by atoms with van der Waals surface area (Å²) < 4.78 is 12.9. The number of aryl methyl sites for hydroxylation is 1. The molecule has 5 amide bonds. The molecule has 0 saturated carbocycles. The van der Waals surface area contributed by atoms with Gasteiger partial charge in [-0.3, -0.25) is 34.2 Å². The molecule has 2 aliphatic rings. The first-order chi connectivity index (χ1) is 27.8. The Hall–Kier alpha value is -6.39. The van der Waals surface area contributed by atoms with Crippen molar-refractivity contribution in [2.45, 2.75) is 90.4 Å². The lowest BCUT2D eigenvalue weighted by Gasteiger charge is -2.27. The zero-order chi connectivity index (χ0) is 41.6. The highest BCUT2D eigenvalue weighted by Gasteiger charge is 2.45. The average Bonchev–Trinajstić information content (AvgIpc) is 3.87. The van der Waals surface area contributed by atoms with Gasteiger partial charge in [0, 0.05) is 31.7 Å². The Labute approximate surface area is 333 Å². The third-order valence-electron chi connectivity index (χ3n) is 9.65. The fraction of sp³-hybridized carbons (Fsp3) is 0.462. The number of nitrogen functional groups attached to an aromatic ring is 1. The maximum atomic E-state index is 13.3. The highest BCUT2D eigenvalue weighted by molar-refractivity contribution is 6.25. The number of aromatic nitrogens is 5. The largest absolute Gasteiger partial charge is 0.490 e. The molecule has 306 valence electrons. The van der Waals surface area contributed by atoms with Crippen LogP contribution in [0.3, 0.4) is 0 Å². The maximum absolute atomic E-state index is 13.3. The van der Waals surface area contributed by atoms with Crippen LogP contribution in [0, 0.1) is 11.8 Å². The molecule has 0 radical (unpaired) electrons.